The summed E-state index contributed by atoms with van der Waals surface area (Å²) in [5, 5.41) is 0. The molecule has 0 amide bonds. The van der Waals surface area contributed by atoms with Gasteiger partial charge in [-0.3, -0.25) is 0 Å². The summed E-state index contributed by atoms with van der Waals surface area (Å²) in [6.45, 7) is 5.48. The fourth-order valence-electron chi connectivity index (χ4n) is 0.866. The van der Waals surface area contributed by atoms with Crippen LogP contribution in [0.3, 0.4) is 0 Å². The van der Waals surface area contributed by atoms with Gasteiger partial charge in [0.2, 0.25) is 0 Å². The van der Waals surface area contributed by atoms with Gasteiger partial charge in [0.05, 0.1) is 11.8 Å². The number of hydrogen-bond donors (Lipinski definition) is 0. The van der Waals surface area contributed by atoms with E-state index >= 15 is 0 Å². The molecule has 1 rings (SSSR count). The normalized spacial score (nSPS) is 10.3. The van der Waals surface area contributed by atoms with Crippen molar-refractivity contribution in [3.8, 4) is 0 Å². The van der Waals surface area contributed by atoms with E-state index in [2.05, 4.69) is 22.5 Å². The van der Waals surface area contributed by atoms with Crippen molar-refractivity contribution >= 4 is 21.9 Å². The first-order valence-electron chi connectivity index (χ1n) is 4.38. The Morgan fingerprint density at radius 1 is 1.40 bits per heavy atom. The number of halogens is 1. The number of rotatable bonds is 3. The Morgan fingerprint density at radius 3 is 2.53 bits per heavy atom. The lowest BCUT2D eigenvalue weighted by atomic mass is 10.2. The minimum Gasteiger partial charge on any atom is -0.431 e. The van der Waals surface area contributed by atoms with E-state index in [1.165, 1.54) is 6.26 Å². The first-order chi connectivity index (χ1) is 7.09. The highest BCUT2D eigenvalue weighted by atomic mass is 79.9. The van der Waals surface area contributed by atoms with E-state index in [4.69, 9.17) is 4.74 Å². The molecule has 15 heavy (non-hydrogen) atoms. The molecule has 0 N–H and O–H groups in total. The van der Waals surface area contributed by atoms with Crippen LogP contribution >= 0.6 is 15.9 Å². The van der Waals surface area contributed by atoms with Crippen molar-refractivity contribution in [2.45, 2.75) is 6.92 Å². The average molecular weight is 267 g/mol. The summed E-state index contributed by atoms with van der Waals surface area (Å²) in [6, 6.07) is 6.97. The number of carbonyl (C=O) groups is 1. The van der Waals surface area contributed by atoms with Crippen LogP contribution in [0.25, 0.3) is 0 Å². The first-order valence-corrected chi connectivity index (χ1v) is 5.17. The van der Waals surface area contributed by atoms with Gasteiger partial charge in [0.25, 0.3) is 0 Å². The standard InChI is InChI=1S/C12H11BrO2/c1-9(2)7-8-15-12(14)10-3-5-11(13)6-4-10/h3-8H,1H2,2H3/b8-7-. The fourth-order valence-corrected chi connectivity index (χ4v) is 1.13. The summed E-state index contributed by atoms with van der Waals surface area (Å²) in [5.41, 5.74) is 1.35. The lowest BCUT2D eigenvalue weighted by Crippen LogP contribution is -1.99. The number of benzene rings is 1. The number of ether oxygens (including phenoxy) is 1. The third-order valence-electron chi connectivity index (χ3n) is 1.61. The van der Waals surface area contributed by atoms with Crippen molar-refractivity contribution in [2.75, 3.05) is 0 Å². The summed E-state index contributed by atoms with van der Waals surface area (Å²) in [7, 11) is 0. The maximum Gasteiger partial charge on any atom is 0.342 e. The minimum absolute atomic E-state index is 0.375. The van der Waals surface area contributed by atoms with Crippen LogP contribution < -0.4 is 0 Å². The first kappa shape index (κ1) is 11.7. The zero-order chi connectivity index (χ0) is 11.3. The number of esters is 1. The van der Waals surface area contributed by atoms with Crippen LogP contribution in [0.5, 0.6) is 0 Å². The van der Waals surface area contributed by atoms with Crippen LogP contribution in [-0.2, 0) is 4.74 Å². The molecule has 0 aliphatic rings. The monoisotopic (exact) mass is 266 g/mol. The predicted octanol–water partition coefficient (Wildman–Crippen LogP) is 3.70. The molecule has 0 unspecified atom stereocenters. The van der Waals surface area contributed by atoms with Gasteiger partial charge in [-0.25, -0.2) is 4.79 Å². The van der Waals surface area contributed by atoms with Crippen molar-refractivity contribution in [2.24, 2.45) is 0 Å². The molecule has 0 aromatic heterocycles. The molecule has 2 nitrogen and oxygen atoms in total. The van der Waals surface area contributed by atoms with E-state index in [9.17, 15) is 4.79 Å². The Bertz CT molecular complexity index is 391. The van der Waals surface area contributed by atoms with Crippen molar-refractivity contribution < 1.29 is 9.53 Å². The molecule has 78 valence electrons. The van der Waals surface area contributed by atoms with Crippen molar-refractivity contribution in [3.63, 3.8) is 0 Å². The van der Waals surface area contributed by atoms with Gasteiger partial charge < -0.3 is 4.74 Å². The van der Waals surface area contributed by atoms with Gasteiger partial charge in [-0.1, -0.05) is 28.1 Å². The zero-order valence-corrected chi connectivity index (χ0v) is 9.95. The highest BCUT2D eigenvalue weighted by molar-refractivity contribution is 9.10. The minimum atomic E-state index is -0.375. The molecule has 0 aliphatic heterocycles. The van der Waals surface area contributed by atoms with E-state index in [1.807, 2.05) is 6.92 Å². The summed E-state index contributed by atoms with van der Waals surface area (Å²) in [5.74, 6) is -0.375. The fraction of sp³-hybridized carbons (Fsp3) is 0.0833. The van der Waals surface area contributed by atoms with Crippen molar-refractivity contribution in [1.82, 2.24) is 0 Å². The Balaban J connectivity index is 2.62. The largest absolute Gasteiger partial charge is 0.431 e. The van der Waals surface area contributed by atoms with Crippen LogP contribution in [0.1, 0.15) is 17.3 Å². The van der Waals surface area contributed by atoms with Gasteiger partial charge in [0.15, 0.2) is 0 Å². The van der Waals surface area contributed by atoms with Crippen LogP contribution in [0, 0.1) is 0 Å². The molecule has 0 saturated heterocycles. The number of hydrogen-bond acceptors (Lipinski definition) is 2. The predicted molar refractivity (Wildman–Crippen MR) is 63.5 cm³/mol. The molecular formula is C12H11BrO2. The molecule has 0 bridgehead atoms. The third kappa shape index (κ3) is 4.13. The molecule has 3 heteroatoms. The summed E-state index contributed by atoms with van der Waals surface area (Å²) >= 11 is 3.29. The van der Waals surface area contributed by atoms with E-state index in [1.54, 1.807) is 30.3 Å². The van der Waals surface area contributed by atoms with E-state index in [-0.39, 0.29) is 5.97 Å². The highest BCUT2D eigenvalue weighted by Gasteiger charge is 2.04. The number of allylic oxidation sites excluding steroid dienone is 2. The second-order valence-corrected chi connectivity index (χ2v) is 3.98. The molecule has 0 heterocycles. The Hall–Kier alpha value is -1.35. The van der Waals surface area contributed by atoms with Crippen LogP contribution in [-0.4, -0.2) is 5.97 Å². The molecule has 0 spiro atoms. The van der Waals surface area contributed by atoms with Gasteiger partial charge >= 0.3 is 5.97 Å². The Labute approximate surface area is 97.4 Å². The topological polar surface area (TPSA) is 26.3 Å². The van der Waals surface area contributed by atoms with Crippen LogP contribution in [0.15, 0.2) is 53.2 Å². The van der Waals surface area contributed by atoms with Crippen molar-refractivity contribution in [1.29, 1.82) is 0 Å². The maximum absolute atomic E-state index is 11.4. The van der Waals surface area contributed by atoms with E-state index in [0.717, 1.165) is 10.0 Å². The van der Waals surface area contributed by atoms with E-state index in [0.29, 0.717) is 5.56 Å². The lowest BCUT2D eigenvalue weighted by Gasteiger charge is -1.99. The summed E-state index contributed by atoms with van der Waals surface area (Å²) in [4.78, 5) is 11.4. The smallest absolute Gasteiger partial charge is 0.342 e. The molecule has 0 fully saturated rings. The quantitative estimate of drug-likeness (QED) is 0.474. The second kappa shape index (κ2) is 5.51. The zero-order valence-electron chi connectivity index (χ0n) is 8.37. The molecule has 0 aliphatic carbocycles. The highest BCUT2D eigenvalue weighted by Crippen LogP contribution is 2.11. The molecule has 0 radical (unpaired) electrons. The summed E-state index contributed by atoms with van der Waals surface area (Å²) in [6.07, 6.45) is 2.98. The average Bonchev–Trinajstić information content (AvgIpc) is 2.18. The van der Waals surface area contributed by atoms with Crippen LogP contribution in [0.2, 0.25) is 0 Å². The SMILES string of the molecule is C=C(C)/C=C\OC(=O)c1ccc(Br)cc1. The van der Waals surface area contributed by atoms with Gasteiger partial charge in [0.1, 0.15) is 0 Å². The number of carbonyl (C=O) groups excluding carboxylic acids is 1. The molecule has 1 aromatic rings. The third-order valence-corrected chi connectivity index (χ3v) is 2.14. The van der Waals surface area contributed by atoms with Gasteiger partial charge in [-0.2, -0.15) is 0 Å². The van der Waals surface area contributed by atoms with Crippen LogP contribution in [0.4, 0.5) is 0 Å². The van der Waals surface area contributed by atoms with Gasteiger partial charge in [0, 0.05) is 4.47 Å². The van der Waals surface area contributed by atoms with E-state index < -0.39 is 0 Å². The van der Waals surface area contributed by atoms with Gasteiger partial charge in [-0.05, 0) is 37.3 Å². The molecular weight excluding hydrogens is 256 g/mol. The molecule has 0 saturated carbocycles. The van der Waals surface area contributed by atoms with Crippen molar-refractivity contribution in [3.05, 3.63) is 58.8 Å². The maximum atomic E-state index is 11.4. The molecule has 0 atom stereocenters. The molecule has 1 aromatic carbocycles. The second-order valence-electron chi connectivity index (χ2n) is 3.06. The summed E-state index contributed by atoms with van der Waals surface area (Å²) < 4.78 is 5.81. The van der Waals surface area contributed by atoms with Gasteiger partial charge in [-0.15, -0.1) is 0 Å². The Kier molecular flexibility index (Phi) is 4.31. The lowest BCUT2D eigenvalue weighted by molar-refractivity contribution is 0.0663. The Morgan fingerprint density at radius 2 is 2.00 bits per heavy atom.